The molecule has 1 atom stereocenters. The third kappa shape index (κ3) is 4.36. The Morgan fingerprint density at radius 3 is 2.24 bits per heavy atom. The number of ether oxygens (including phenoxy) is 2. The summed E-state index contributed by atoms with van der Waals surface area (Å²) in [6.07, 6.45) is 1.85. The minimum Gasteiger partial charge on any atom is -0.497 e. The molecule has 0 saturated carbocycles. The lowest BCUT2D eigenvalue weighted by Crippen LogP contribution is -2.24. The fourth-order valence-electron chi connectivity index (χ4n) is 1.62. The van der Waals surface area contributed by atoms with Crippen LogP contribution in [-0.2, 0) is 4.74 Å². The molecule has 1 aromatic carbocycles. The third-order valence-electron chi connectivity index (χ3n) is 3.15. The average Bonchev–Trinajstić information content (AvgIpc) is 2.36. The minimum absolute atomic E-state index is 0.0512. The summed E-state index contributed by atoms with van der Waals surface area (Å²) >= 11 is 0. The molecule has 1 aromatic rings. The van der Waals surface area contributed by atoms with E-state index in [1.54, 1.807) is 14.2 Å². The highest BCUT2D eigenvalue weighted by Crippen LogP contribution is 2.24. The molecular formula is C14H23NO2. The molecule has 1 rings (SSSR count). The van der Waals surface area contributed by atoms with Crippen molar-refractivity contribution in [2.75, 3.05) is 14.2 Å². The van der Waals surface area contributed by atoms with Crippen LogP contribution < -0.4 is 10.5 Å². The van der Waals surface area contributed by atoms with Gasteiger partial charge in [-0.1, -0.05) is 12.1 Å². The Hall–Kier alpha value is -1.06. The maximum absolute atomic E-state index is 6.15. The first-order valence-corrected chi connectivity index (χ1v) is 5.93. The van der Waals surface area contributed by atoms with E-state index in [-0.39, 0.29) is 11.6 Å². The predicted molar refractivity (Wildman–Crippen MR) is 70.2 cm³/mol. The fourth-order valence-corrected chi connectivity index (χ4v) is 1.62. The summed E-state index contributed by atoms with van der Waals surface area (Å²) in [6.45, 7) is 4.15. The molecule has 17 heavy (non-hydrogen) atoms. The van der Waals surface area contributed by atoms with Crippen molar-refractivity contribution in [2.45, 2.75) is 38.3 Å². The Labute approximate surface area is 104 Å². The summed E-state index contributed by atoms with van der Waals surface area (Å²) in [5.41, 5.74) is 7.18. The van der Waals surface area contributed by atoms with Crippen molar-refractivity contribution in [1.29, 1.82) is 0 Å². The summed E-state index contributed by atoms with van der Waals surface area (Å²) in [5.74, 6) is 0.859. The lowest BCUT2D eigenvalue weighted by atomic mass is 9.95. The van der Waals surface area contributed by atoms with E-state index in [9.17, 15) is 0 Å². The number of nitrogens with two attached hydrogens (primary N) is 1. The SMILES string of the molecule is COc1ccc(C(N)CCC(C)(C)OC)cc1. The van der Waals surface area contributed by atoms with Crippen molar-refractivity contribution >= 4 is 0 Å². The molecule has 0 fully saturated rings. The lowest BCUT2D eigenvalue weighted by molar-refractivity contribution is 0.0125. The normalized spacial score (nSPS) is 13.5. The highest BCUT2D eigenvalue weighted by atomic mass is 16.5. The van der Waals surface area contributed by atoms with Gasteiger partial charge in [-0.25, -0.2) is 0 Å². The van der Waals surface area contributed by atoms with Crippen molar-refractivity contribution < 1.29 is 9.47 Å². The van der Waals surface area contributed by atoms with Gasteiger partial charge in [-0.2, -0.15) is 0 Å². The maximum Gasteiger partial charge on any atom is 0.118 e. The lowest BCUT2D eigenvalue weighted by Gasteiger charge is -2.24. The zero-order valence-corrected chi connectivity index (χ0v) is 11.2. The summed E-state index contributed by atoms with van der Waals surface area (Å²) in [7, 11) is 3.40. The summed E-state index contributed by atoms with van der Waals surface area (Å²) in [5, 5.41) is 0. The quantitative estimate of drug-likeness (QED) is 0.827. The highest BCUT2D eigenvalue weighted by Gasteiger charge is 2.18. The first-order valence-electron chi connectivity index (χ1n) is 5.93. The molecule has 0 amide bonds. The Balaban J connectivity index is 2.54. The molecule has 2 N–H and O–H groups in total. The molecule has 0 radical (unpaired) electrons. The van der Waals surface area contributed by atoms with Crippen molar-refractivity contribution in [1.82, 2.24) is 0 Å². The van der Waals surface area contributed by atoms with Gasteiger partial charge in [0.05, 0.1) is 12.7 Å². The average molecular weight is 237 g/mol. The van der Waals surface area contributed by atoms with E-state index >= 15 is 0 Å². The van der Waals surface area contributed by atoms with Gasteiger partial charge >= 0.3 is 0 Å². The van der Waals surface area contributed by atoms with Gasteiger partial charge in [0.1, 0.15) is 5.75 Å². The number of hydrogen-bond donors (Lipinski definition) is 1. The van der Waals surface area contributed by atoms with E-state index in [0.717, 1.165) is 24.2 Å². The molecule has 1 unspecified atom stereocenters. The largest absolute Gasteiger partial charge is 0.497 e. The van der Waals surface area contributed by atoms with E-state index in [1.807, 2.05) is 24.3 Å². The van der Waals surface area contributed by atoms with E-state index < -0.39 is 0 Å². The molecule has 0 aliphatic heterocycles. The monoisotopic (exact) mass is 237 g/mol. The van der Waals surface area contributed by atoms with Crippen LogP contribution in [0.3, 0.4) is 0 Å². The number of hydrogen-bond acceptors (Lipinski definition) is 3. The van der Waals surface area contributed by atoms with E-state index in [1.165, 1.54) is 0 Å². The van der Waals surface area contributed by atoms with Gasteiger partial charge in [-0.3, -0.25) is 0 Å². The highest BCUT2D eigenvalue weighted by molar-refractivity contribution is 5.28. The van der Waals surface area contributed by atoms with Crippen LogP contribution in [-0.4, -0.2) is 19.8 Å². The molecule has 0 saturated heterocycles. The summed E-state index contributed by atoms with van der Waals surface area (Å²) in [4.78, 5) is 0. The fraction of sp³-hybridized carbons (Fsp3) is 0.571. The van der Waals surface area contributed by atoms with Crippen molar-refractivity contribution in [3.8, 4) is 5.75 Å². The van der Waals surface area contributed by atoms with Crippen LogP contribution in [0.1, 0.15) is 38.3 Å². The van der Waals surface area contributed by atoms with Crippen LogP contribution in [0.2, 0.25) is 0 Å². The summed E-state index contributed by atoms with van der Waals surface area (Å²) < 4.78 is 10.5. The second-order valence-electron chi connectivity index (χ2n) is 4.88. The minimum atomic E-state index is -0.107. The molecule has 3 heteroatoms. The van der Waals surface area contributed by atoms with Crippen molar-refractivity contribution in [3.63, 3.8) is 0 Å². The Kier molecular flexibility index (Phi) is 4.97. The van der Waals surface area contributed by atoms with Gasteiger partial charge in [0, 0.05) is 13.2 Å². The number of benzene rings is 1. The zero-order valence-electron chi connectivity index (χ0n) is 11.2. The Morgan fingerprint density at radius 1 is 1.18 bits per heavy atom. The van der Waals surface area contributed by atoms with Crippen LogP contribution in [0, 0.1) is 0 Å². The predicted octanol–water partition coefficient (Wildman–Crippen LogP) is 2.90. The van der Waals surface area contributed by atoms with E-state index in [4.69, 9.17) is 15.2 Å². The Bertz CT molecular complexity index is 333. The van der Waals surface area contributed by atoms with Gasteiger partial charge in [0.15, 0.2) is 0 Å². The second-order valence-corrected chi connectivity index (χ2v) is 4.88. The van der Waals surface area contributed by atoms with Gasteiger partial charge in [-0.15, -0.1) is 0 Å². The Morgan fingerprint density at radius 2 is 1.76 bits per heavy atom. The maximum atomic E-state index is 6.15. The smallest absolute Gasteiger partial charge is 0.118 e. The van der Waals surface area contributed by atoms with Crippen LogP contribution in [0.15, 0.2) is 24.3 Å². The van der Waals surface area contributed by atoms with E-state index in [2.05, 4.69) is 13.8 Å². The molecule has 0 aliphatic carbocycles. The van der Waals surface area contributed by atoms with Crippen LogP contribution >= 0.6 is 0 Å². The number of methoxy groups -OCH3 is 2. The molecule has 0 bridgehead atoms. The molecular weight excluding hydrogens is 214 g/mol. The molecule has 3 nitrogen and oxygen atoms in total. The van der Waals surface area contributed by atoms with Gasteiger partial charge in [-0.05, 0) is 44.4 Å². The first-order chi connectivity index (χ1) is 7.98. The molecule has 0 heterocycles. The standard InChI is InChI=1S/C14H23NO2/c1-14(2,17-4)10-9-13(15)11-5-7-12(16-3)8-6-11/h5-8,13H,9-10,15H2,1-4H3. The van der Waals surface area contributed by atoms with Crippen molar-refractivity contribution in [3.05, 3.63) is 29.8 Å². The summed E-state index contributed by atoms with van der Waals surface area (Å²) in [6, 6.07) is 7.97. The van der Waals surface area contributed by atoms with Gasteiger partial charge in [0.25, 0.3) is 0 Å². The van der Waals surface area contributed by atoms with E-state index in [0.29, 0.717) is 0 Å². The topological polar surface area (TPSA) is 44.5 Å². The first kappa shape index (κ1) is 14.0. The number of rotatable bonds is 6. The van der Waals surface area contributed by atoms with Gasteiger partial charge in [0.2, 0.25) is 0 Å². The zero-order chi connectivity index (χ0) is 12.9. The molecule has 0 spiro atoms. The second kappa shape index (κ2) is 6.03. The molecule has 0 aromatic heterocycles. The van der Waals surface area contributed by atoms with Crippen molar-refractivity contribution in [2.24, 2.45) is 5.73 Å². The van der Waals surface area contributed by atoms with Gasteiger partial charge < -0.3 is 15.2 Å². The molecule has 0 aliphatic rings. The van der Waals surface area contributed by atoms with Crippen LogP contribution in [0.25, 0.3) is 0 Å². The van der Waals surface area contributed by atoms with Crippen LogP contribution in [0.4, 0.5) is 0 Å². The molecule has 96 valence electrons. The third-order valence-corrected chi connectivity index (χ3v) is 3.15. The van der Waals surface area contributed by atoms with Crippen LogP contribution in [0.5, 0.6) is 5.75 Å².